The fourth-order valence-corrected chi connectivity index (χ4v) is 1.30. The van der Waals surface area contributed by atoms with Crippen LogP contribution in [0.25, 0.3) is 5.76 Å². The average Bonchev–Trinajstić information content (AvgIpc) is 2.38. The highest BCUT2D eigenvalue weighted by Gasteiger charge is 2.43. The highest BCUT2D eigenvalue weighted by molar-refractivity contribution is 5.89. The Hall–Kier alpha value is -2.25. The summed E-state index contributed by atoms with van der Waals surface area (Å²) in [6.07, 6.45) is -7.92. The Morgan fingerprint density at radius 1 is 1.43 bits per heavy atom. The topological polar surface area (TPSA) is 55.8 Å². The molecule has 0 saturated carbocycles. The zero-order chi connectivity index (χ0) is 16.0. The maximum absolute atomic E-state index is 12.8. The molecular weight excluding hydrogens is 296 g/mol. The third kappa shape index (κ3) is 4.97. The molecule has 8 heteroatoms. The van der Waals surface area contributed by atoms with Gasteiger partial charge in [-0.05, 0) is 19.1 Å². The fourth-order valence-electron chi connectivity index (χ4n) is 1.30. The van der Waals surface area contributed by atoms with Gasteiger partial charge in [0.1, 0.15) is 11.5 Å². The van der Waals surface area contributed by atoms with Crippen LogP contribution in [0.1, 0.15) is 12.5 Å². The number of halogens is 4. The molecule has 1 aromatic rings. The van der Waals surface area contributed by atoms with Gasteiger partial charge in [0, 0.05) is 5.56 Å². The number of hydrogen-bond donors (Lipinski definition) is 1. The number of alkyl halides is 4. The van der Waals surface area contributed by atoms with Gasteiger partial charge in [0.2, 0.25) is 0 Å². The highest BCUT2D eigenvalue weighted by atomic mass is 19.3. The number of esters is 1. The molecule has 21 heavy (non-hydrogen) atoms. The van der Waals surface area contributed by atoms with Crippen molar-refractivity contribution in [2.24, 2.45) is 0 Å². The Kier molecular flexibility index (Phi) is 5.57. The maximum atomic E-state index is 12.8. The second kappa shape index (κ2) is 6.96. The summed E-state index contributed by atoms with van der Waals surface area (Å²) < 4.78 is 58.0. The molecule has 0 atom stereocenters. The van der Waals surface area contributed by atoms with Gasteiger partial charge in [0.05, 0.1) is 12.7 Å². The minimum Gasteiger partial charge on any atom is -0.507 e. The van der Waals surface area contributed by atoms with Crippen LogP contribution in [0.5, 0.6) is 5.75 Å². The van der Waals surface area contributed by atoms with Crippen LogP contribution in [-0.2, 0) is 9.53 Å². The van der Waals surface area contributed by atoms with Crippen LogP contribution >= 0.6 is 0 Å². The first kappa shape index (κ1) is 16.8. The second-order valence-corrected chi connectivity index (χ2v) is 3.77. The summed E-state index contributed by atoms with van der Waals surface area (Å²) >= 11 is 0. The number of carbonyl (C=O) groups is 1. The monoisotopic (exact) mass is 308 g/mol. The summed E-state index contributed by atoms with van der Waals surface area (Å²) in [4.78, 5) is 11.1. The van der Waals surface area contributed by atoms with Crippen LogP contribution in [0.4, 0.5) is 17.6 Å². The van der Waals surface area contributed by atoms with Crippen molar-refractivity contribution >= 4 is 11.7 Å². The lowest BCUT2D eigenvalue weighted by atomic mass is 10.1. The minimum atomic E-state index is -4.65. The van der Waals surface area contributed by atoms with E-state index in [1.807, 2.05) is 0 Å². The van der Waals surface area contributed by atoms with Gasteiger partial charge in [-0.1, -0.05) is 12.1 Å². The first-order valence-corrected chi connectivity index (χ1v) is 5.79. The maximum Gasteiger partial charge on any atom is 0.461 e. The quantitative estimate of drug-likeness (QED) is 0.379. The largest absolute Gasteiger partial charge is 0.507 e. The number of aliphatic hydroxyl groups excluding tert-OH is 1. The Bertz CT molecular complexity index is 529. The molecule has 0 radical (unpaired) electrons. The molecule has 0 heterocycles. The van der Waals surface area contributed by atoms with Crippen molar-refractivity contribution in [3.8, 4) is 5.75 Å². The van der Waals surface area contributed by atoms with Crippen LogP contribution in [-0.4, -0.2) is 30.2 Å². The summed E-state index contributed by atoms with van der Waals surface area (Å²) in [6.45, 7) is 1.65. The molecular formula is C13H12F4O4. The summed E-state index contributed by atoms with van der Waals surface area (Å²) in [6, 6.07) is 4.37. The highest BCUT2D eigenvalue weighted by Crippen LogP contribution is 2.28. The molecule has 0 aliphatic rings. The van der Waals surface area contributed by atoms with Crippen LogP contribution in [0, 0.1) is 0 Å². The molecule has 0 spiro atoms. The summed E-state index contributed by atoms with van der Waals surface area (Å²) in [5.74, 6) is -1.99. The first-order chi connectivity index (χ1) is 9.76. The molecule has 1 aromatic carbocycles. The number of benzene rings is 1. The Balaban J connectivity index is 2.93. The standard InChI is InChI=1S/C13H12F4O4/c1-2-20-11(19)7-10(18)8-4-3-5-9(6-8)21-13(16,17)12(14)15/h3-7,12,18H,2H2,1H3/b10-7-. The third-order valence-corrected chi connectivity index (χ3v) is 2.18. The minimum absolute atomic E-state index is 0.0642. The van der Waals surface area contributed by atoms with Gasteiger partial charge in [-0.15, -0.1) is 0 Å². The van der Waals surface area contributed by atoms with Crippen LogP contribution in [0.2, 0.25) is 0 Å². The molecule has 1 rings (SSSR count). The van der Waals surface area contributed by atoms with E-state index in [4.69, 9.17) is 0 Å². The molecule has 0 aliphatic carbocycles. The summed E-state index contributed by atoms with van der Waals surface area (Å²) in [7, 11) is 0. The van der Waals surface area contributed by atoms with Gasteiger partial charge in [-0.25, -0.2) is 4.79 Å². The lowest BCUT2D eigenvalue weighted by molar-refractivity contribution is -0.253. The average molecular weight is 308 g/mol. The summed E-state index contributed by atoms with van der Waals surface area (Å²) in [5.41, 5.74) is -0.0642. The molecule has 1 N–H and O–H groups in total. The van der Waals surface area contributed by atoms with Gasteiger partial charge in [0.15, 0.2) is 0 Å². The molecule has 0 saturated heterocycles. The smallest absolute Gasteiger partial charge is 0.461 e. The predicted octanol–water partition coefficient (Wildman–Crippen LogP) is 3.39. The molecule has 0 aliphatic heterocycles. The second-order valence-electron chi connectivity index (χ2n) is 3.77. The molecule has 0 aromatic heterocycles. The summed E-state index contributed by atoms with van der Waals surface area (Å²) in [5, 5.41) is 9.62. The van der Waals surface area contributed by atoms with E-state index in [9.17, 15) is 27.5 Å². The van der Waals surface area contributed by atoms with E-state index < -0.39 is 30.0 Å². The predicted molar refractivity (Wildman–Crippen MR) is 65.3 cm³/mol. The zero-order valence-electron chi connectivity index (χ0n) is 10.9. The van der Waals surface area contributed by atoms with Crippen LogP contribution < -0.4 is 4.74 Å². The van der Waals surface area contributed by atoms with Gasteiger partial charge < -0.3 is 14.6 Å². The number of carbonyl (C=O) groups excluding carboxylic acids is 1. The lowest BCUT2D eigenvalue weighted by Crippen LogP contribution is -2.33. The van der Waals surface area contributed by atoms with Crippen molar-refractivity contribution in [3.63, 3.8) is 0 Å². The van der Waals surface area contributed by atoms with Crippen molar-refractivity contribution in [3.05, 3.63) is 35.9 Å². The molecule has 116 valence electrons. The van der Waals surface area contributed by atoms with Crippen molar-refractivity contribution in [1.29, 1.82) is 0 Å². The third-order valence-electron chi connectivity index (χ3n) is 2.18. The van der Waals surface area contributed by atoms with Crippen molar-refractivity contribution in [1.82, 2.24) is 0 Å². The fraction of sp³-hybridized carbons (Fsp3) is 0.308. The van der Waals surface area contributed by atoms with Gasteiger partial charge in [-0.2, -0.15) is 17.6 Å². The van der Waals surface area contributed by atoms with Gasteiger partial charge in [-0.3, -0.25) is 0 Å². The van der Waals surface area contributed by atoms with E-state index in [2.05, 4.69) is 9.47 Å². The van der Waals surface area contributed by atoms with Crippen LogP contribution in [0.15, 0.2) is 30.3 Å². The van der Waals surface area contributed by atoms with Crippen LogP contribution in [0.3, 0.4) is 0 Å². The molecule has 0 unspecified atom stereocenters. The SMILES string of the molecule is CCOC(=O)/C=C(\O)c1cccc(OC(F)(F)C(F)F)c1. The number of hydrogen-bond acceptors (Lipinski definition) is 4. The van der Waals surface area contributed by atoms with E-state index in [1.54, 1.807) is 6.92 Å². The molecule has 4 nitrogen and oxygen atoms in total. The normalized spacial score (nSPS) is 12.4. The van der Waals surface area contributed by atoms with E-state index in [0.717, 1.165) is 18.2 Å². The Morgan fingerprint density at radius 2 is 2.10 bits per heavy atom. The van der Waals surface area contributed by atoms with Gasteiger partial charge >= 0.3 is 18.5 Å². The van der Waals surface area contributed by atoms with E-state index in [1.165, 1.54) is 12.1 Å². The Morgan fingerprint density at radius 3 is 2.67 bits per heavy atom. The van der Waals surface area contributed by atoms with Crippen molar-refractivity contribution in [2.75, 3.05) is 6.61 Å². The lowest BCUT2D eigenvalue weighted by Gasteiger charge is -2.17. The Labute approximate surface area is 117 Å². The van der Waals surface area contributed by atoms with Crippen molar-refractivity contribution in [2.45, 2.75) is 19.5 Å². The molecule has 0 bridgehead atoms. The number of aliphatic hydroxyl groups is 1. The number of ether oxygens (including phenoxy) is 2. The van der Waals surface area contributed by atoms with E-state index in [-0.39, 0.29) is 12.2 Å². The first-order valence-electron chi connectivity index (χ1n) is 5.79. The zero-order valence-corrected chi connectivity index (χ0v) is 10.9. The van der Waals surface area contributed by atoms with E-state index >= 15 is 0 Å². The molecule has 0 fully saturated rings. The van der Waals surface area contributed by atoms with E-state index in [0.29, 0.717) is 0 Å². The van der Waals surface area contributed by atoms with Crippen molar-refractivity contribution < 1.29 is 36.9 Å². The molecule has 0 amide bonds. The number of rotatable bonds is 6. The van der Waals surface area contributed by atoms with Gasteiger partial charge in [0.25, 0.3) is 0 Å².